The van der Waals surface area contributed by atoms with Crippen LogP contribution in [0.25, 0.3) is 0 Å². The summed E-state index contributed by atoms with van der Waals surface area (Å²) in [6, 6.07) is 0.515. The number of hydrogen-bond donors (Lipinski definition) is 1. The Kier molecular flexibility index (Phi) is 6.69. The van der Waals surface area contributed by atoms with Gasteiger partial charge in [0.15, 0.2) is 0 Å². The number of nitrogens with one attached hydrogen (secondary N) is 1. The number of amides is 1. The maximum Gasteiger partial charge on any atom is 0.225 e. The van der Waals surface area contributed by atoms with E-state index in [1.54, 1.807) is 0 Å². The van der Waals surface area contributed by atoms with Crippen molar-refractivity contribution in [3.05, 3.63) is 0 Å². The summed E-state index contributed by atoms with van der Waals surface area (Å²) in [4.78, 5) is 14.5. The molecule has 1 N–H and O–H groups in total. The van der Waals surface area contributed by atoms with E-state index in [2.05, 4.69) is 37.9 Å². The van der Waals surface area contributed by atoms with Crippen LogP contribution in [0.3, 0.4) is 0 Å². The van der Waals surface area contributed by atoms with Gasteiger partial charge in [-0.15, -0.1) is 0 Å². The number of hydrogen-bond acceptors (Lipinski definition) is 2. The SMILES string of the molecule is CCCC(C)C(=O)N(CC(C)C)CC1CCCN1. The van der Waals surface area contributed by atoms with Crippen molar-refractivity contribution >= 4 is 5.91 Å². The predicted molar refractivity (Wildman–Crippen MR) is 76.5 cm³/mol. The highest BCUT2D eigenvalue weighted by Gasteiger charge is 2.24. The molecule has 1 aliphatic rings. The molecular formula is C15H30N2O. The monoisotopic (exact) mass is 254 g/mol. The van der Waals surface area contributed by atoms with Gasteiger partial charge in [-0.2, -0.15) is 0 Å². The average Bonchev–Trinajstić information content (AvgIpc) is 2.79. The van der Waals surface area contributed by atoms with Gasteiger partial charge in [-0.25, -0.2) is 0 Å². The molecule has 1 amide bonds. The zero-order valence-corrected chi connectivity index (χ0v) is 12.5. The molecule has 0 aromatic heterocycles. The van der Waals surface area contributed by atoms with Crippen LogP contribution in [0, 0.1) is 11.8 Å². The minimum Gasteiger partial charge on any atom is -0.341 e. The molecule has 106 valence electrons. The molecule has 1 rings (SSSR count). The molecule has 1 fully saturated rings. The second-order valence-corrected chi connectivity index (χ2v) is 6.12. The van der Waals surface area contributed by atoms with E-state index in [1.807, 2.05) is 0 Å². The first-order valence-electron chi connectivity index (χ1n) is 7.56. The fourth-order valence-corrected chi connectivity index (χ4v) is 2.74. The lowest BCUT2D eigenvalue weighted by Gasteiger charge is -2.30. The highest BCUT2D eigenvalue weighted by Crippen LogP contribution is 2.14. The van der Waals surface area contributed by atoms with Crippen molar-refractivity contribution in [1.82, 2.24) is 10.2 Å². The molecule has 1 aliphatic heterocycles. The Morgan fingerprint density at radius 2 is 2.11 bits per heavy atom. The Morgan fingerprint density at radius 1 is 1.39 bits per heavy atom. The molecule has 0 radical (unpaired) electrons. The first-order valence-corrected chi connectivity index (χ1v) is 7.56. The Bertz CT molecular complexity index is 247. The van der Waals surface area contributed by atoms with E-state index in [4.69, 9.17) is 0 Å². The first-order chi connectivity index (χ1) is 8.54. The van der Waals surface area contributed by atoms with Crippen LogP contribution in [0.4, 0.5) is 0 Å². The van der Waals surface area contributed by atoms with Crippen LogP contribution in [0.15, 0.2) is 0 Å². The summed E-state index contributed by atoms with van der Waals surface area (Å²) >= 11 is 0. The predicted octanol–water partition coefficient (Wildman–Crippen LogP) is 2.66. The van der Waals surface area contributed by atoms with Crippen molar-refractivity contribution in [3.8, 4) is 0 Å². The normalized spacial score (nSPS) is 21.3. The zero-order valence-electron chi connectivity index (χ0n) is 12.5. The minimum absolute atomic E-state index is 0.176. The average molecular weight is 254 g/mol. The van der Waals surface area contributed by atoms with Crippen molar-refractivity contribution in [2.24, 2.45) is 11.8 Å². The summed E-state index contributed by atoms with van der Waals surface area (Å²) in [6.07, 6.45) is 4.55. The highest BCUT2D eigenvalue weighted by molar-refractivity contribution is 5.78. The summed E-state index contributed by atoms with van der Waals surface area (Å²) in [5, 5.41) is 3.49. The largest absolute Gasteiger partial charge is 0.341 e. The molecule has 0 aliphatic carbocycles. The molecule has 0 bridgehead atoms. The maximum absolute atomic E-state index is 12.5. The lowest BCUT2D eigenvalue weighted by atomic mass is 10.0. The fourth-order valence-electron chi connectivity index (χ4n) is 2.74. The first kappa shape index (κ1) is 15.5. The molecule has 1 saturated heterocycles. The Morgan fingerprint density at radius 3 is 2.61 bits per heavy atom. The van der Waals surface area contributed by atoms with E-state index < -0.39 is 0 Å². The summed E-state index contributed by atoms with van der Waals surface area (Å²) in [5.74, 6) is 1.07. The van der Waals surface area contributed by atoms with Crippen LogP contribution in [0.5, 0.6) is 0 Å². The van der Waals surface area contributed by atoms with Crippen molar-refractivity contribution in [1.29, 1.82) is 0 Å². The third kappa shape index (κ3) is 4.97. The molecule has 0 spiro atoms. The number of nitrogens with zero attached hydrogens (tertiary/aromatic N) is 1. The van der Waals surface area contributed by atoms with Gasteiger partial charge in [0, 0.05) is 25.0 Å². The molecule has 0 aromatic carbocycles. The Balaban J connectivity index is 2.55. The molecule has 18 heavy (non-hydrogen) atoms. The molecule has 2 atom stereocenters. The summed E-state index contributed by atoms with van der Waals surface area (Å²) < 4.78 is 0. The smallest absolute Gasteiger partial charge is 0.225 e. The van der Waals surface area contributed by atoms with Gasteiger partial charge in [-0.05, 0) is 31.7 Å². The standard InChI is InChI=1S/C15H30N2O/c1-5-7-13(4)15(18)17(10-12(2)3)11-14-8-6-9-16-14/h12-14,16H,5-11H2,1-4H3. The van der Waals surface area contributed by atoms with Gasteiger partial charge in [0.05, 0.1) is 0 Å². The van der Waals surface area contributed by atoms with Crippen molar-refractivity contribution in [2.75, 3.05) is 19.6 Å². The summed E-state index contributed by atoms with van der Waals surface area (Å²) in [6.45, 7) is 11.5. The van der Waals surface area contributed by atoms with Gasteiger partial charge in [-0.3, -0.25) is 4.79 Å². The van der Waals surface area contributed by atoms with Crippen LogP contribution in [-0.2, 0) is 4.79 Å². The van der Waals surface area contributed by atoms with Crippen molar-refractivity contribution in [3.63, 3.8) is 0 Å². The van der Waals surface area contributed by atoms with E-state index in [1.165, 1.54) is 12.8 Å². The lowest BCUT2D eigenvalue weighted by molar-refractivity contribution is -0.136. The number of carbonyl (C=O) groups is 1. The molecule has 3 nitrogen and oxygen atoms in total. The van der Waals surface area contributed by atoms with E-state index in [-0.39, 0.29) is 5.92 Å². The van der Waals surface area contributed by atoms with Gasteiger partial charge in [-0.1, -0.05) is 34.1 Å². The quantitative estimate of drug-likeness (QED) is 0.757. The van der Waals surface area contributed by atoms with E-state index >= 15 is 0 Å². The molecule has 3 heteroatoms. The van der Waals surface area contributed by atoms with Crippen molar-refractivity contribution < 1.29 is 4.79 Å². The van der Waals surface area contributed by atoms with Crippen LogP contribution >= 0.6 is 0 Å². The summed E-state index contributed by atoms with van der Waals surface area (Å²) in [7, 11) is 0. The lowest BCUT2D eigenvalue weighted by Crippen LogP contribution is -2.44. The molecule has 0 aromatic rings. The molecular weight excluding hydrogens is 224 g/mol. The zero-order chi connectivity index (χ0) is 13.5. The maximum atomic E-state index is 12.5. The fraction of sp³-hybridized carbons (Fsp3) is 0.933. The van der Waals surface area contributed by atoms with Crippen LogP contribution < -0.4 is 5.32 Å². The third-order valence-electron chi connectivity index (χ3n) is 3.64. The second-order valence-electron chi connectivity index (χ2n) is 6.12. The van der Waals surface area contributed by atoms with Gasteiger partial charge >= 0.3 is 0 Å². The van der Waals surface area contributed by atoms with Gasteiger partial charge < -0.3 is 10.2 Å². The second kappa shape index (κ2) is 7.78. The van der Waals surface area contributed by atoms with Crippen LogP contribution in [-0.4, -0.2) is 36.5 Å². The Hall–Kier alpha value is -0.570. The topological polar surface area (TPSA) is 32.3 Å². The summed E-state index contributed by atoms with van der Waals surface area (Å²) in [5.41, 5.74) is 0. The van der Waals surface area contributed by atoms with E-state index in [0.717, 1.165) is 32.5 Å². The van der Waals surface area contributed by atoms with Gasteiger partial charge in [0.25, 0.3) is 0 Å². The Labute approximate surface area is 112 Å². The van der Waals surface area contributed by atoms with Crippen molar-refractivity contribution in [2.45, 2.75) is 59.4 Å². The van der Waals surface area contributed by atoms with Crippen LogP contribution in [0.2, 0.25) is 0 Å². The van der Waals surface area contributed by atoms with Crippen LogP contribution in [0.1, 0.15) is 53.4 Å². The molecule has 1 heterocycles. The third-order valence-corrected chi connectivity index (χ3v) is 3.64. The highest BCUT2D eigenvalue weighted by atomic mass is 16.2. The molecule has 2 unspecified atom stereocenters. The van der Waals surface area contributed by atoms with Gasteiger partial charge in [0.1, 0.15) is 0 Å². The number of rotatable bonds is 7. The van der Waals surface area contributed by atoms with Gasteiger partial charge in [0.2, 0.25) is 5.91 Å². The number of carbonyl (C=O) groups excluding carboxylic acids is 1. The minimum atomic E-state index is 0.176. The van der Waals surface area contributed by atoms with E-state index in [0.29, 0.717) is 17.9 Å². The van der Waals surface area contributed by atoms with E-state index in [9.17, 15) is 4.79 Å². The molecule has 0 saturated carbocycles.